The number of rotatable bonds is 6. The number of aromatic nitrogens is 1. The number of carbonyl (C=O) groups excluding carboxylic acids is 1. The Morgan fingerprint density at radius 3 is 2.61 bits per heavy atom. The van der Waals surface area contributed by atoms with Gasteiger partial charge in [0.1, 0.15) is 16.4 Å². The van der Waals surface area contributed by atoms with E-state index in [0.717, 1.165) is 16.1 Å². The van der Waals surface area contributed by atoms with Gasteiger partial charge < -0.3 is 10.0 Å². The highest BCUT2D eigenvalue weighted by Gasteiger charge is 2.25. The van der Waals surface area contributed by atoms with Crippen molar-refractivity contribution in [1.82, 2.24) is 9.88 Å². The Kier molecular flexibility index (Phi) is 6.09. The van der Waals surface area contributed by atoms with Gasteiger partial charge in [-0.1, -0.05) is 24.3 Å². The van der Waals surface area contributed by atoms with Crippen LogP contribution in [0.15, 0.2) is 48.5 Å². The first-order chi connectivity index (χ1) is 13.4. The fraction of sp³-hybridized carbons (Fsp3) is 0.273. The fourth-order valence-electron chi connectivity index (χ4n) is 3.19. The third-order valence-electron chi connectivity index (χ3n) is 4.73. The lowest BCUT2D eigenvalue weighted by molar-refractivity contribution is 0.0706. The first kappa shape index (κ1) is 20.0. The minimum absolute atomic E-state index is 0.0706. The van der Waals surface area contributed by atoms with E-state index in [2.05, 4.69) is 4.98 Å². The van der Waals surface area contributed by atoms with Gasteiger partial charge in [-0.15, -0.1) is 11.3 Å². The lowest BCUT2D eigenvalue weighted by Crippen LogP contribution is -2.33. The van der Waals surface area contributed by atoms with E-state index in [1.165, 1.54) is 23.5 Å². The topological polar surface area (TPSA) is 53.4 Å². The van der Waals surface area contributed by atoms with Gasteiger partial charge in [-0.05, 0) is 56.2 Å². The SMILES string of the molecule is CCN(C(=O)c1sc(Cc2ccc(F)cc2)nc1C)C(C)c1cccc(O)c1. The van der Waals surface area contributed by atoms with Crippen LogP contribution in [0, 0.1) is 12.7 Å². The molecule has 4 nitrogen and oxygen atoms in total. The molecule has 1 heterocycles. The molecule has 0 spiro atoms. The molecule has 1 unspecified atom stereocenters. The minimum Gasteiger partial charge on any atom is -0.508 e. The summed E-state index contributed by atoms with van der Waals surface area (Å²) >= 11 is 1.38. The Hall–Kier alpha value is -2.73. The van der Waals surface area contributed by atoms with E-state index in [1.807, 2.05) is 26.8 Å². The number of hydrogen-bond acceptors (Lipinski definition) is 4. The van der Waals surface area contributed by atoms with Crippen LogP contribution in [0.1, 0.15) is 51.4 Å². The highest BCUT2D eigenvalue weighted by atomic mass is 32.1. The van der Waals surface area contributed by atoms with Gasteiger partial charge in [0.2, 0.25) is 0 Å². The van der Waals surface area contributed by atoms with Crippen molar-refractivity contribution in [2.45, 2.75) is 33.2 Å². The number of amides is 1. The van der Waals surface area contributed by atoms with Gasteiger partial charge in [0.25, 0.3) is 5.91 Å². The Bertz CT molecular complexity index is 969. The van der Waals surface area contributed by atoms with E-state index in [4.69, 9.17) is 0 Å². The first-order valence-corrected chi connectivity index (χ1v) is 10.0. The summed E-state index contributed by atoms with van der Waals surface area (Å²) in [5.74, 6) is -0.156. The molecule has 6 heteroatoms. The zero-order chi connectivity index (χ0) is 20.3. The molecule has 0 saturated heterocycles. The maximum absolute atomic E-state index is 13.2. The number of aryl methyl sites for hydroxylation is 1. The van der Waals surface area contributed by atoms with Crippen molar-refractivity contribution in [3.8, 4) is 5.75 Å². The number of hydrogen-bond donors (Lipinski definition) is 1. The summed E-state index contributed by atoms with van der Waals surface area (Å²) in [7, 11) is 0. The molecule has 0 aliphatic carbocycles. The standard InChI is InChI=1S/C22H23FN2O2S/c1-4-25(15(3)17-6-5-7-19(26)13-17)22(27)21-14(2)24-20(28-21)12-16-8-10-18(23)11-9-16/h5-11,13,15,26H,4,12H2,1-3H3. The third-order valence-corrected chi connectivity index (χ3v) is 5.87. The van der Waals surface area contributed by atoms with E-state index in [0.29, 0.717) is 23.5 Å². The third kappa shape index (κ3) is 4.39. The van der Waals surface area contributed by atoms with E-state index in [1.54, 1.807) is 35.2 Å². The minimum atomic E-state index is -0.269. The summed E-state index contributed by atoms with van der Waals surface area (Å²) in [4.78, 5) is 20.1. The first-order valence-electron chi connectivity index (χ1n) is 9.19. The van der Waals surface area contributed by atoms with Crippen LogP contribution in [-0.2, 0) is 6.42 Å². The van der Waals surface area contributed by atoms with Crippen LogP contribution in [0.5, 0.6) is 5.75 Å². The summed E-state index contributed by atoms with van der Waals surface area (Å²) in [5.41, 5.74) is 2.53. The maximum Gasteiger partial charge on any atom is 0.266 e. The van der Waals surface area contributed by atoms with Crippen LogP contribution in [0.4, 0.5) is 4.39 Å². The molecule has 0 aliphatic heterocycles. The van der Waals surface area contributed by atoms with Crippen LogP contribution < -0.4 is 0 Å². The van der Waals surface area contributed by atoms with Gasteiger partial charge in [0, 0.05) is 13.0 Å². The maximum atomic E-state index is 13.2. The zero-order valence-corrected chi connectivity index (χ0v) is 17.0. The lowest BCUT2D eigenvalue weighted by atomic mass is 10.1. The Labute approximate surface area is 168 Å². The number of aromatic hydroxyl groups is 1. The molecular formula is C22H23FN2O2S. The van der Waals surface area contributed by atoms with Crippen molar-refractivity contribution in [2.24, 2.45) is 0 Å². The molecule has 2 aromatic carbocycles. The van der Waals surface area contributed by atoms with Gasteiger partial charge in [0.05, 0.1) is 16.7 Å². The Morgan fingerprint density at radius 2 is 1.96 bits per heavy atom. The van der Waals surface area contributed by atoms with Crippen molar-refractivity contribution in [1.29, 1.82) is 0 Å². The molecule has 28 heavy (non-hydrogen) atoms. The molecule has 0 fully saturated rings. The number of phenols is 1. The summed E-state index contributed by atoms with van der Waals surface area (Å²) < 4.78 is 13.1. The monoisotopic (exact) mass is 398 g/mol. The predicted octanol–water partition coefficient (Wildman–Crippen LogP) is 5.11. The normalized spacial score (nSPS) is 12.0. The zero-order valence-electron chi connectivity index (χ0n) is 16.1. The number of carbonyl (C=O) groups is 1. The summed E-state index contributed by atoms with van der Waals surface area (Å²) in [6, 6.07) is 13.1. The van der Waals surface area contributed by atoms with Gasteiger partial charge in [0.15, 0.2) is 0 Å². The summed E-state index contributed by atoms with van der Waals surface area (Å²) in [5, 5.41) is 10.6. The predicted molar refractivity (Wildman–Crippen MR) is 109 cm³/mol. The average Bonchev–Trinajstić information content (AvgIpc) is 3.04. The number of nitrogens with zero attached hydrogens (tertiary/aromatic N) is 2. The largest absolute Gasteiger partial charge is 0.508 e. The Morgan fingerprint density at radius 1 is 1.25 bits per heavy atom. The average molecular weight is 399 g/mol. The molecule has 3 rings (SSSR count). The van der Waals surface area contributed by atoms with Crippen LogP contribution in [-0.4, -0.2) is 27.4 Å². The molecule has 0 bridgehead atoms. The molecule has 146 valence electrons. The molecule has 0 radical (unpaired) electrons. The van der Waals surface area contributed by atoms with Crippen molar-refractivity contribution >= 4 is 17.2 Å². The van der Waals surface area contributed by atoms with Crippen LogP contribution in [0.25, 0.3) is 0 Å². The van der Waals surface area contributed by atoms with E-state index >= 15 is 0 Å². The molecule has 0 aliphatic rings. The van der Waals surface area contributed by atoms with Crippen molar-refractivity contribution in [3.05, 3.63) is 81.1 Å². The molecule has 0 saturated carbocycles. The van der Waals surface area contributed by atoms with Gasteiger partial charge >= 0.3 is 0 Å². The number of halogens is 1. The molecule has 1 aromatic heterocycles. The second-order valence-corrected chi connectivity index (χ2v) is 7.77. The Balaban J connectivity index is 1.82. The molecule has 1 amide bonds. The number of thiazole rings is 1. The summed E-state index contributed by atoms with van der Waals surface area (Å²) in [6.07, 6.45) is 0.563. The van der Waals surface area contributed by atoms with Gasteiger partial charge in [-0.2, -0.15) is 0 Å². The number of benzene rings is 2. The highest BCUT2D eigenvalue weighted by molar-refractivity contribution is 7.13. The van der Waals surface area contributed by atoms with Crippen LogP contribution >= 0.6 is 11.3 Å². The molecule has 3 aromatic rings. The smallest absolute Gasteiger partial charge is 0.266 e. The van der Waals surface area contributed by atoms with Gasteiger partial charge in [-0.25, -0.2) is 9.37 Å². The van der Waals surface area contributed by atoms with Crippen molar-refractivity contribution in [2.75, 3.05) is 6.54 Å². The molecular weight excluding hydrogens is 375 g/mol. The van der Waals surface area contributed by atoms with Crippen molar-refractivity contribution in [3.63, 3.8) is 0 Å². The lowest BCUT2D eigenvalue weighted by Gasteiger charge is -2.28. The van der Waals surface area contributed by atoms with Gasteiger partial charge in [-0.3, -0.25) is 4.79 Å². The van der Waals surface area contributed by atoms with Crippen molar-refractivity contribution < 1.29 is 14.3 Å². The highest BCUT2D eigenvalue weighted by Crippen LogP contribution is 2.28. The number of phenolic OH excluding ortho intramolecular Hbond substituents is 1. The van der Waals surface area contributed by atoms with E-state index < -0.39 is 0 Å². The van der Waals surface area contributed by atoms with E-state index in [9.17, 15) is 14.3 Å². The quantitative estimate of drug-likeness (QED) is 0.628. The van der Waals surface area contributed by atoms with E-state index in [-0.39, 0.29) is 23.5 Å². The fourth-order valence-corrected chi connectivity index (χ4v) is 4.25. The second kappa shape index (κ2) is 8.52. The van der Waals surface area contributed by atoms with Crippen LogP contribution in [0.3, 0.4) is 0 Å². The van der Waals surface area contributed by atoms with Crippen LogP contribution in [0.2, 0.25) is 0 Å². The molecule has 1 N–H and O–H groups in total. The second-order valence-electron chi connectivity index (χ2n) is 6.69. The molecule has 1 atom stereocenters. The summed E-state index contributed by atoms with van der Waals surface area (Å²) in [6.45, 7) is 6.27.